The number of rotatable bonds is 5. The maximum Gasteiger partial charge on any atom is 0.00948 e. The van der Waals surface area contributed by atoms with Gasteiger partial charge in [-0.05, 0) is 50.0 Å². The molecule has 0 aromatic carbocycles. The predicted molar refractivity (Wildman–Crippen MR) is 81.9 cm³/mol. The van der Waals surface area contributed by atoms with E-state index in [4.69, 9.17) is 0 Å². The van der Waals surface area contributed by atoms with E-state index in [0.29, 0.717) is 5.41 Å². The van der Waals surface area contributed by atoms with Gasteiger partial charge in [0, 0.05) is 6.04 Å². The van der Waals surface area contributed by atoms with Crippen molar-refractivity contribution in [1.29, 1.82) is 0 Å². The van der Waals surface area contributed by atoms with Crippen LogP contribution in [0.2, 0.25) is 0 Å². The molecule has 1 aliphatic rings. The fourth-order valence-corrected chi connectivity index (χ4v) is 3.82. The summed E-state index contributed by atoms with van der Waals surface area (Å²) in [5, 5.41) is 3.62. The quantitative estimate of drug-likeness (QED) is 0.679. The van der Waals surface area contributed by atoms with Crippen molar-refractivity contribution in [3.05, 3.63) is 0 Å². The van der Waals surface area contributed by atoms with Gasteiger partial charge in [0.05, 0.1) is 0 Å². The molecule has 1 heteroatoms. The predicted octanol–water partition coefficient (Wildman–Crippen LogP) is 5.01. The second-order valence-electron chi connectivity index (χ2n) is 7.75. The van der Waals surface area contributed by atoms with Crippen molar-refractivity contribution in [2.75, 3.05) is 7.05 Å². The minimum absolute atomic E-state index is 0.473. The molecule has 0 saturated heterocycles. The Bertz CT molecular complexity index is 208. The summed E-state index contributed by atoms with van der Waals surface area (Å²) in [7, 11) is 2.17. The lowest BCUT2D eigenvalue weighted by Crippen LogP contribution is -2.35. The number of hydrogen-bond donors (Lipinski definition) is 1. The highest BCUT2D eigenvalue weighted by atomic mass is 14.9. The van der Waals surface area contributed by atoms with Crippen LogP contribution in [0, 0.1) is 17.3 Å². The van der Waals surface area contributed by atoms with E-state index < -0.39 is 0 Å². The Hall–Kier alpha value is -0.0400. The third-order valence-electron chi connectivity index (χ3n) is 4.46. The molecular formula is C17H35N. The molecular weight excluding hydrogens is 218 g/mol. The maximum absolute atomic E-state index is 3.62. The molecule has 2 unspecified atom stereocenters. The van der Waals surface area contributed by atoms with Gasteiger partial charge in [-0.3, -0.25) is 0 Å². The van der Waals surface area contributed by atoms with E-state index >= 15 is 0 Å². The fourth-order valence-electron chi connectivity index (χ4n) is 3.82. The Morgan fingerprint density at radius 2 is 1.61 bits per heavy atom. The Kier molecular flexibility index (Phi) is 6.70. The van der Waals surface area contributed by atoms with Gasteiger partial charge in [0.2, 0.25) is 0 Å². The molecule has 1 N–H and O–H groups in total. The van der Waals surface area contributed by atoms with Gasteiger partial charge in [0.15, 0.2) is 0 Å². The lowest BCUT2D eigenvalue weighted by molar-refractivity contribution is 0.238. The summed E-state index contributed by atoms with van der Waals surface area (Å²) >= 11 is 0. The molecule has 0 heterocycles. The molecule has 1 fully saturated rings. The Morgan fingerprint density at radius 3 is 2.06 bits per heavy atom. The van der Waals surface area contributed by atoms with Crippen LogP contribution in [-0.4, -0.2) is 13.1 Å². The second-order valence-corrected chi connectivity index (χ2v) is 7.75. The van der Waals surface area contributed by atoms with Crippen LogP contribution < -0.4 is 5.32 Å². The molecule has 1 nitrogen and oxygen atoms in total. The van der Waals surface area contributed by atoms with Gasteiger partial charge in [0.25, 0.3) is 0 Å². The summed E-state index contributed by atoms with van der Waals surface area (Å²) in [5.41, 5.74) is 0.473. The molecule has 0 aliphatic heterocycles. The van der Waals surface area contributed by atoms with E-state index in [0.717, 1.165) is 17.9 Å². The molecule has 0 bridgehead atoms. The van der Waals surface area contributed by atoms with Crippen LogP contribution in [0.15, 0.2) is 0 Å². The van der Waals surface area contributed by atoms with Crippen LogP contribution in [0.1, 0.15) is 79.1 Å². The van der Waals surface area contributed by atoms with Crippen molar-refractivity contribution in [2.24, 2.45) is 17.3 Å². The van der Waals surface area contributed by atoms with E-state index in [2.05, 4.69) is 40.1 Å². The van der Waals surface area contributed by atoms with Gasteiger partial charge < -0.3 is 5.32 Å². The smallest absolute Gasteiger partial charge is 0.00948 e. The highest BCUT2D eigenvalue weighted by Gasteiger charge is 2.24. The number of hydrogen-bond acceptors (Lipinski definition) is 1. The van der Waals surface area contributed by atoms with Gasteiger partial charge in [-0.25, -0.2) is 0 Å². The molecule has 0 amide bonds. The summed E-state index contributed by atoms with van der Waals surface area (Å²) in [6.07, 6.45) is 11.4. The molecule has 0 aromatic rings. The SMILES string of the molecule is CNC(CC(C)CC(C)(C)C)C1CCCCCC1. The van der Waals surface area contributed by atoms with E-state index in [1.165, 1.54) is 51.4 Å². The van der Waals surface area contributed by atoms with E-state index in [-0.39, 0.29) is 0 Å². The van der Waals surface area contributed by atoms with Crippen LogP contribution in [0.5, 0.6) is 0 Å². The number of nitrogens with one attached hydrogen (secondary N) is 1. The normalized spacial score (nSPS) is 22.5. The van der Waals surface area contributed by atoms with Gasteiger partial charge in [0.1, 0.15) is 0 Å². The average molecular weight is 253 g/mol. The minimum Gasteiger partial charge on any atom is -0.317 e. The van der Waals surface area contributed by atoms with Crippen molar-refractivity contribution in [1.82, 2.24) is 5.32 Å². The Labute approximate surface area is 115 Å². The zero-order chi connectivity index (χ0) is 13.6. The molecule has 1 aliphatic carbocycles. The maximum atomic E-state index is 3.62. The third-order valence-corrected chi connectivity index (χ3v) is 4.46. The summed E-state index contributed by atoms with van der Waals surface area (Å²) in [6.45, 7) is 9.53. The van der Waals surface area contributed by atoms with Crippen molar-refractivity contribution in [2.45, 2.75) is 85.1 Å². The standard InChI is InChI=1S/C17H35N/c1-14(13-17(2,3)4)12-16(18-5)15-10-8-6-7-9-11-15/h14-16,18H,6-13H2,1-5H3. The van der Waals surface area contributed by atoms with Crippen LogP contribution in [0.3, 0.4) is 0 Å². The summed E-state index contributed by atoms with van der Waals surface area (Å²) in [5.74, 6) is 1.77. The molecule has 18 heavy (non-hydrogen) atoms. The van der Waals surface area contributed by atoms with Gasteiger partial charge in [-0.15, -0.1) is 0 Å². The summed E-state index contributed by atoms with van der Waals surface area (Å²) in [4.78, 5) is 0. The molecule has 0 spiro atoms. The van der Waals surface area contributed by atoms with Crippen LogP contribution >= 0.6 is 0 Å². The third kappa shape index (κ3) is 6.22. The largest absolute Gasteiger partial charge is 0.317 e. The van der Waals surface area contributed by atoms with Crippen molar-refractivity contribution < 1.29 is 0 Å². The van der Waals surface area contributed by atoms with Crippen molar-refractivity contribution >= 4 is 0 Å². The monoisotopic (exact) mass is 253 g/mol. The first-order chi connectivity index (χ1) is 8.42. The first kappa shape index (κ1) is 16.0. The zero-order valence-electron chi connectivity index (χ0n) is 13.4. The Morgan fingerprint density at radius 1 is 1.06 bits per heavy atom. The average Bonchev–Trinajstić information content (AvgIpc) is 2.51. The molecule has 0 aromatic heterocycles. The fraction of sp³-hybridized carbons (Fsp3) is 1.00. The first-order valence-electron chi connectivity index (χ1n) is 8.09. The lowest BCUT2D eigenvalue weighted by atomic mass is 9.79. The van der Waals surface area contributed by atoms with Crippen LogP contribution in [0.4, 0.5) is 0 Å². The zero-order valence-corrected chi connectivity index (χ0v) is 13.4. The van der Waals surface area contributed by atoms with Gasteiger partial charge in [-0.2, -0.15) is 0 Å². The molecule has 2 atom stereocenters. The molecule has 1 rings (SSSR count). The minimum atomic E-state index is 0.473. The van der Waals surface area contributed by atoms with E-state index in [9.17, 15) is 0 Å². The van der Waals surface area contributed by atoms with Crippen molar-refractivity contribution in [3.63, 3.8) is 0 Å². The molecule has 1 saturated carbocycles. The highest BCUT2D eigenvalue weighted by Crippen LogP contribution is 2.31. The van der Waals surface area contributed by atoms with Crippen LogP contribution in [-0.2, 0) is 0 Å². The van der Waals surface area contributed by atoms with Gasteiger partial charge in [-0.1, -0.05) is 53.4 Å². The highest BCUT2D eigenvalue weighted by molar-refractivity contribution is 4.80. The van der Waals surface area contributed by atoms with Gasteiger partial charge >= 0.3 is 0 Å². The Balaban J connectivity index is 2.44. The summed E-state index contributed by atoms with van der Waals surface area (Å²) in [6, 6.07) is 0.750. The molecule has 0 radical (unpaired) electrons. The second kappa shape index (κ2) is 7.53. The first-order valence-corrected chi connectivity index (χ1v) is 8.09. The van der Waals surface area contributed by atoms with E-state index in [1.54, 1.807) is 0 Å². The van der Waals surface area contributed by atoms with E-state index in [1.807, 2.05) is 0 Å². The van der Waals surface area contributed by atoms with Crippen LogP contribution in [0.25, 0.3) is 0 Å². The lowest BCUT2D eigenvalue weighted by Gasteiger charge is -2.31. The van der Waals surface area contributed by atoms with Crippen molar-refractivity contribution in [3.8, 4) is 0 Å². The summed E-state index contributed by atoms with van der Waals surface area (Å²) < 4.78 is 0. The molecule has 108 valence electrons. The topological polar surface area (TPSA) is 12.0 Å².